The molecule has 0 aliphatic carbocycles. The van der Waals surface area contributed by atoms with E-state index in [0.29, 0.717) is 42.0 Å². The molecule has 1 unspecified atom stereocenters. The molecule has 0 spiro atoms. The highest BCUT2D eigenvalue weighted by atomic mass is 79.9. The molecule has 0 radical (unpaired) electrons. The molecule has 1 saturated heterocycles. The third kappa shape index (κ3) is 6.17. The Morgan fingerprint density at radius 2 is 1.81 bits per heavy atom. The minimum atomic E-state index is -0.101. The van der Waals surface area contributed by atoms with Crippen LogP contribution in [0.25, 0.3) is 0 Å². The molecular formula is C26H30BrN5O4. The quantitative estimate of drug-likeness (QED) is 0.397. The van der Waals surface area contributed by atoms with Gasteiger partial charge in [0.1, 0.15) is 5.82 Å². The Kier molecular flexibility index (Phi) is 8.48. The Labute approximate surface area is 219 Å². The Bertz CT molecular complexity index is 1170. The third-order valence-electron chi connectivity index (χ3n) is 6.06. The monoisotopic (exact) mass is 555 g/mol. The van der Waals surface area contributed by atoms with Crippen LogP contribution >= 0.6 is 15.9 Å². The number of methoxy groups -OCH3 is 3. The summed E-state index contributed by atoms with van der Waals surface area (Å²) in [6.07, 6.45) is 3.47. The standard InChI is InChI=1S/C26H30BrN5O4/c1-34-21-13-20(14-22(35-2)24(21)36-3)30-26-28-11-10-23(31-26)32-12-4-5-18(16-32)25(33)29-15-17-6-8-19(27)9-7-17/h6-11,13-14,18H,4-5,12,15-16H2,1-3H3,(H,29,33)(H,28,30,31). The summed E-state index contributed by atoms with van der Waals surface area (Å²) in [5.41, 5.74) is 1.77. The molecule has 1 fully saturated rings. The molecule has 36 heavy (non-hydrogen) atoms. The largest absolute Gasteiger partial charge is 0.493 e. The predicted molar refractivity (Wildman–Crippen MR) is 142 cm³/mol. The lowest BCUT2D eigenvalue weighted by Crippen LogP contribution is -2.43. The van der Waals surface area contributed by atoms with Crippen LogP contribution < -0.4 is 29.7 Å². The first-order chi connectivity index (χ1) is 17.5. The highest BCUT2D eigenvalue weighted by Crippen LogP contribution is 2.40. The zero-order chi connectivity index (χ0) is 25.5. The second-order valence-electron chi connectivity index (χ2n) is 8.41. The van der Waals surface area contributed by atoms with Crippen molar-refractivity contribution in [3.8, 4) is 17.2 Å². The van der Waals surface area contributed by atoms with Crippen molar-refractivity contribution in [3.05, 3.63) is 58.7 Å². The molecule has 2 aromatic carbocycles. The Hall–Kier alpha value is -3.53. The normalized spacial score (nSPS) is 15.2. The molecule has 2 N–H and O–H groups in total. The maximum Gasteiger partial charge on any atom is 0.229 e. The summed E-state index contributed by atoms with van der Waals surface area (Å²) in [6.45, 7) is 1.95. The fourth-order valence-corrected chi connectivity index (χ4v) is 4.47. The van der Waals surface area contributed by atoms with E-state index in [2.05, 4.69) is 36.4 Å². The van der Waals surface area contributed by atoms with Gasteiger partial charge in [-0.05, 0) is 36.6 Å². The molecule has 1 aromatic heterocycles. The molecule has 9 nitrogen and oxygen atoms in total. The van der Waals surface area contributed by atoms with E-state index in [1.54, 1.807) is 39.7 Å². The van der Waals surface area contributed by atoms with Gasteiger partial charge in [0.15, 0.2) is 11.5 Å². The average molecular weight is 556 g/mol. The zero-order valence-electron chi connectivity index (χ0n) is 20.6. The number of amides is 1. The highest BCUT2D eigenvalue weighted by molar-refractivity contribution is 9.10. The summed E-state index contributed by atoms with van der Waals surface area (Å²) in [6, 6.07) is 13.4. The maximum absolute atomic E-state index is 12.9. The minimum absolute atomic E-state index is 0.0625. The number of hydrogen-bond acceptors (Lipinski definition) is 8. The van der Waals surface area contributed by atoms with Gasteiger partial charge in [-0.2, -0.15) is 4.98 Å². The summed E-state index contributed by atoms with van der Waals surface area (Å²) >= 11 is 3.43. The Morgan fingerprint density at radius 3 is 2.47 bits per heavy atom. The van der Waals surface area contributed by atoms with Crippen LogP contribution in [-0.4, -0.2) is 50.3 Å². The molecule has 1 amide bonds. The van der Waals surface area contributed by atoms with Gasteiger partial charge in [0, 0.05) is 48.1 Å². The average Bonchev–Trinajstić information content (AvgIpc) is 2.92. The number of nitrogens with zero attached hydrogens (tertiary/aromatic N) is 3. The van der Waals surface area contributed by atoms with Gasteiger partial charge in [-0.15, -0.1) is 0 Å². The van der Waals surface area contributed by atoms with Crippen molar-refractivity contribution in [2.24, 2.45) is 5.92 Å². The van der Waals surface area contributed by atoms with E-state index in [-0.39, 0.29) is 11.8 Å². The first-order valence-electron chi connectivity index (χ1n) is 11.7. The molecular weight excluding hydrogens is 526 g/mol. The molecule has 2 heterocycles. The first kappa shape index (κ1) is 25.6. The fourth-order valence-electron chi connectivity index (χ4n) is 4.20. The molecule has 1 aliphatic heterocycles. The number of anilines is 3. The number of nitrogens with one attached hydrogen (secondary N) is 2. The number of hydrogen-bond donors (Lipinski definition) is 2. The number of piperidine rings is 1. The van der Waals surface area contributed by atoms with Crippen molar-refractivity contribution in [3.63, 3.8) is 0 Å². The van der Waals surface area contributed by atoms with Crippen LogP contribution in [0.2, 0.25) is 0 Å². The number of halogens is 1. The number of rotatable bonds is 9. The molecule has 1 aliphatic rings. The number of ether oxygens (including phenoxy) is 3. The van der Waals surface area contributed by atoms with Crippen LogP contribution in [0.15, 0.2) is 53.1 Å². The lowest BCUT2D eigenvalue weighted by atomic mass is 9.97. The van der Waals surface area contributed by atoms with Gasteiger partial charge < -0.3 is 29.7 Å². The highest BCUT2D eigenvalue weighted by Gasteiger charge is 2.26. The number of carbonyl (C=O) groups is 1. The Morgan fingerprint density at radius 1 is 1.08 bits per heavy atom. The van der Waals surface area contributed by atoms with Crippen molar-refractivity contribution < 1.29 is 19.0 Å². The van der Waals surface area contributed by atoms with Crippen LogP contribution in [-0.2, 0) is 11.3 Å². The van der Waals surface area contributed by atoms with E-state index in [0.717, 1.165) is 35.2 Å². The van der Waals surface area contributed by atoms with Crippen molar-refractivity contribution in [2.45, 2.75) is 19.4 Å². The van der Waals surface area contributed by atoms with Crippen LogP contribution in [0.5, 0.6) is 17.2 Å². The summed E-state index contributed by atoms with van der Waals surface area (Å²) in [4.78, 5) is 24.1. The van der Waals surface area contributed by atoms with Crippen molar-refractivity contribution in [1.29, 1.82) is 0 Å². The fraction of sp³-hybridized carbons (Fsp3) is 0.346. The van der Waals surface area contributed by atoms with Gasteiger partial charge in [-0.3, -0.25) is 4.79 Å². The molecule has 1 atom stereocenters. The molecule has 3 aromatic rings. The summed E-state index contributed by atoms with van der Waals surface area (Å²) in [5.74, 6) is 2.74. The van der Waals surface area contributed by atoms with E-state index < -0.39 is 0 Å². The predicted octanol–water partition coefficient (Wildman–Crippen LogP) is 4.54. The number of aromatic nitrogens is 2. The van der Waals surface area contributed by atoms with Crippen LogP contribution in [0.3, 0.4) is 0 Å². The SMILES string of the molecule is COc1cc(Nc2nccc(N3CCCC(C(=O)NCc4ccc(Br)cc4)C3)n2)cc(OC)c1OC. The second-order valence-corrected chi connectivity index (χ2v) is 9.32. The minimum Gasteiger partial charge on any atom is -0.493 e. The Balaban J connectivity index is 1.42. The van der Waals surface area contributed by atoms with E-state index in [1.807, 2.05) is 30.3 Å². The van der Waals surface area contributed by atoms with Gasteiger partial charge in [0.2, 0.25) is 17.6 Å². The third-order valence-corrected chi connectivity index (χ3v) is 6.59. The van der Waals surface area contributed by atoms with E-state index in [1.165, 1.54) is 0 Å². The van der Waals surface area contributed by atoms with Gasteiger partial charge in [-0.1, -0.05) is 28.1 Å². The van der Waals surface area contributed by atoms with Gasteiger partial charge in [0.25, 0.3) is 0 Å². The molecule has 0 saturated carbocycles. The maximum atomic E-state index is 12.9. The van der Waals surface area contributed by atoms with Gasteiger partial charge >= 0.3 is 0 Å². The van der Waals surface area contributed by atoms with E-state index >= 15 is 0 Å². The van der Waals surface area contributed by atoms with Crippen LogP contribution in [0, 0.1) is 5.92 Å². The summed E-state index contributed by atoms with van der Waals surface area (Å²) in [7, 11) is 4.70. The van der Waals surface area contributed by atoms with Gasteiger partial charge in [0.05, 0.1) is 27.2 Å². The van der Waals surface area contributed by atoms with Crippen molar-refractivity contribution in [2.75, 3.05) is 44.6 Å². The number of benzene rings is 2. The van der Waals surface area contributed by atoms with E-state index in [9.17, 15) is 4.79 Å². The number of carbonyl (C=O) groups excluding carboxylic acids is 1. The van der Waals surface area contributed by atoms with Crippen molar-refractivity contribution in [1.82, 2.24) is 15.3 Å². The molecule has 0 bridgehead atoms. The lowest BCUT2D eigenvalue weighted by molar-refractivity contribution is -0.125. The van der Waals surface area contributed by atoms with E-state index in [4.69, 9.17) is 19.2 Å². The summed E-state index contributed by atoms with van der Waals surface area (Å²) in [5, 5.41) is 6.29. The van der Waals surface area contributed by atoms with Crippen LogP contribution in [0.4, 0.5) is 17.5 Å². The zero-order valence-corrected chi connectivity index (χ0v) is 22.2. The molecule has 4 rings (SSSR count). The molecule has 10 heteroatoms. The summed E-state index contributed by atoms with van der Waals surface area (Å²) < 4.78 is 17.3. The second kappa shape index (κ2) is 11.9. The lowest BCUT2D eigenvalue weighted by Gasteiger charge is -2.33. The van der Waals surface area contributed by atoms with Crippen molar-refractivity contribution >= 4 is 39.3 Å². The molecule has 190 valence electrons. The smallest absolute Gasteiger partial charge is 0.229 e. The topological polar surface area (TPSA) is 97.8 Å². The van der Waals surface area contributed by atoms with Crippen LogP contribution in [0.1, 0.15) is 18.4 Å². The first-order valence-corrected chi connectivity index (χ1v) is 12.5. The van der Waals surface area contributed by atoms with Gasteiger partial charge in [-0.25, -0.2) is 4.98 Å².